The van der Waals surface area contributed by atoms with Gasteiger partial charge in [0, 0.05) is 0 Å². The molecular formula is C11H15N5O3. The lowest BCUT2D eigenvalue weighted by molar-refractivity contribution is -0.108. The molecular weight excluding hydrogens is 250 g/mol. The van der Waals surface area contributed by atoms with Crippen LogP contribution in [0.2, 0.25) is 0 Å². The van der Waals surface area contributed by atoms with Crippen LogP contribution in [0.4, 0.5) is 5.82 Å². The maximum absolute atomic E-state index is 10.7. The number of aromatic nitrogens is 4. The fourth-order valence-electron chi connectivity index (χ4n) is 2.39. The maximum Gasteiger partial charge on any atom is 0.197 e. The largest absolute Gasteiger partial charge is 0.385 e. The number of hydrogen-bond acceptors (Lipinski definition) is 7. The van der Waals surface area contributed by atoms with Crippen LogP contribution < -0.4 is 5.73 Å². The molecule has 3 heterocycles. The summed E-state index contributed by atoms with van der Waals surface area (Å²) in [6.07, 6.45) is 1.82. The Balaban J connectivity index is 2.12. The molecule has 3 rings (SSSR count). The van der Waals surface area contributed by atoms with Crippen molar-refractivity contribution >= 4 is 17.0 Å². The number of hydrogen-bond donors (Lipinski definition) is 3. The third kappa shape index (κ3) is 1.61. The van der Waals surface area contributed by atoms with Gasteiger partial charge in [0.25, 0.3) is 0 Å². The van der Waals surface area contributed by atoms with Crippen molar-refractivity contribution in [1.82, 2.24) is 19.5 Å². The molecule has 2 aromatic rings. The number of anilines is 1. The monoisotopic (exact) mass is 265 g/mol. The van der Waals surface area contributed by atoms with Crippen LogP contribution in [0.1, 0.15) is 13.3 Å². The highest BCUT2D eigenvalue weighted by atomic mass is 16.5. The highest BCUT2D eigenvalue weighted by Gasteiger charge is 2.49. The van der Waals surface area contributed by atoms with Crippen molar-refractivity contribution in [3.05, 3.63) is 12.7 Å². The third-order valence-corrected chi connectivity index (χ3v) is 3.52. The molecule has 4 N–H and O–H groups in total. The summed E-state index contributed by atoms with van der Waals surface area (Å²) in [7, 11) is 0. The fourth-order valence-corrected chi connectivity index (χ4v) is 2.39. The van der Waals surface area contributed by atoms with Crippen LogP contribution in [-0.2, 0) is 10.5 Å². The van der Waals surface area contributed by atoms with Gasteiger partial charge >= 0.3 is 0 Å². The maximum atomic E-state index is 10.7. The molecule has 0 spiro atoms. The molecule has 0 aliphatic carbocycles. The van der Waals surface area contributed by atoms with Gasteiger partial charge in [-0.15, -0.1) is 0 Å². The first kappa shape index (κ1) is 12.3. The van der Waals surface area contributed by atoms with E-state index in [-0.39, 0.29) is 12.4 Å². The first-order valence-electron chi connectivity index (χ1n) is 6.04. The van der Waals surface area contributed by atoms with E-state index in [0.29, 0.717) is 17.6 Å². The smallest absolute Gasteiger partial charge is 0.197 e. The van der Waals surface area contributed by atoms with Crippen molar-refractivity contribution in [3.63, 3.8) is 0 Å². The van der Waals surface area contributed by atoms with Gasteiger partial charge < -0.3 is 20.7 Å². The van der Waals surface area contributed by atoms with Crippen molar-refractivity contribution in [2.45, 2.75) is 31.3 Å². The van der Waals surface area contributed by atoms with Gasteiger partial charge in [0.1, 0.15) is 17.9 Å². The van der Waals surface area contributed by atoms with E-state index in [0.717, 1.165) is 0 Å². The van der Waals surface area contributed by atoms with Crippen molar-refractivity contribution in [3.8, 4) is 0 Å². The second kappa shape index (κ2) is 4.12. The first-order valence-corrected chi connectivity index (χ1v) is 6.04. The Hall–Kier alpha value is -1.77. The topological polar surface area (TPSA) is 119 Å². The van der Waals surface area contributed by atoms with E-state index in [1.807, 2.05) is 6.92 Å². The second-order valence-electron chi connectivity index (χ2n) is 4.63. The number of aliphatic hydroxyl groups is 2. The number of nitrogens with two attached hydrogens (primary N) is 1. The Bertz CT molecular complexity index is 615. The Morgan fingerprint density at radius 1 is 1.53 bits per heavy atom. The van der Waals surface area contributed by atoms with E-state index in [9.17, 15) is 10.2 Å². The van der Waals surface area contributed by atoms with Gasteiger partial charge in [-0.2, -0.15) is 0 Å². The number of aliphatic hydroxyl groups excluding tert-OH is 1. The van der Waals surface area contributed by atoms with E-state index in [2.05, 4.69) is 15.0 Å². The lowest BCUT2D eigenvalue weighted by Gasteiger charge is -2.27. The molecule has 1 aliphatic heterocycles. The number of fused-ring (bicyclic) bond motifs is 1. The summed E-state index contributed by atoms with van der Waals surface area (Å²) in [5, 5.41) is 20.9. The van der Waals surface area contributed by atoms with Gasteiger partial charge in [-0.3, -0.25) is 4.57 Å². The zero-order valence-electron chi connectivity index (χ0n) is 10.4. The molecule has 3 atom stereocenters. The molecule has 0 bridgehead atoms. The first-order chi connectivity index (χ1) is 9.08. The summed E-state index contributed by atoms with van der Waals surface area (Å²) >= 11 is 0. The number of ether oxygens (including phenoxy) is 1. The molecule has 0 aromatic carbocycles. The zero-order chi connectivity index (χ0) is 13.6. The van der Waals surface area contributed by atoms with E-state index in [1.54, 1.807) is 0 Å². The molecule has 2 aromatic heterocycles. The second-order valence-corrected chi connectivity index (χ2v) is 4.63. The average molecular weight is 265 g/mol. The minimum absolute atomic E-state index is 0.0258. The summed E-state index contributed by atoms with van der Waals surface area (Å²) in [4.78, 5) is 12.0. The molecule has 3 unspecified atom stereocenters. The molecule has 1 aliphatic rings. The predicted molar refractivity (Wildman–Crippen MR) is 66.0 cm³/mol. The molecule has 1 saturated heterocycles. The molecule has 8 nitrogen and oxygen atoms in total. The van der Waals surface area contributed by atoms with Crippen LogP contribution in [0.15, 0.2) is 12.7 Å². The molecule has 0 amide bonds. The molecule has 102 valence electrons. The minimum Gasteiger partial charge on any atom is -0.385 e. The molecule has 0 saturated carbocycles. The van der Waals surface area contributed by atoms with Crippen molar-refractivity contribution in [2.24, 2.45) is 0 Å². The van der Waals surface area contributed by atoms with Gasteiger partial charge in [-0.1, -0.05) is 6.92 Å². The molecule has 8 heteroatoms. The van der Waals surface area contributed by atoms with Crippen LogP contribution in [0.25, 0.3) is 11.2 Å². The van der Waals surface area contributed by atoms with Gasteiger partial charge in [-0.05, 0) is 6.42 Å². The van der Waals surface area contributed by atoms with Crippen molar-refractivity contribution in [1.29, 1.82) is 0 Å². The summed E-state index contributed by atoms with van der Waals surface area (Å²) < 4.78 is 6.80. The zero-order valence-corrected chi connectivity index (χ0v) is 10.4. The van der Waals surface area contributed by atoms with Gasteiger partial charge in [0.15, 0.2) is 17.2 Å². The SMILES string of the molecule is CCC1OCC(O)(n2cnc3c(N)ncnc32)C1O. The van der Waals surface area contributed by atoms with Gasteiger partial charge in [-0.25, -0.2) is 15.0 Å². The minimum atomic E-state index is -1.59. The Kier molecular flexibility index (Phi) is 2.66. The lowest BCUT2D eigenvalue weighted by atomic mass is 10.0. The van der Waals surface area contributed by atoms with E-state index < -0.39 is 17.9 Å². The quantitative estimate of drug-likeness (QED) is 0.651. The van der Waals surface area contributed by atoms with E-state index >= 15 is 0 Å². The highest BCUT2D eigenvalue weighted by Crippen LogP contribution is 2.33. The number of nitrogen functional groups attached to an aromatic ring is 1. The van der Waals surface area contributed by atoms with Gasteiger partial charge in [0.2, 0.25) is 0 Å². The van der Waals surface area contributed by atoms with Crippen molar-refractivity contribution < 1.29 is 14.9 Å². The van der Waals surface area contributed by atoms with Gasteiger partial charge in [0.05, 0.1) is 19.0 Å². The number of rotatable bonds is 2. The molecule has 1 fully saturated rings. The van der Waals surface area contributed by atoms with E-state index in [4.69, 9.17) is 10.5 Å². The van der Waals surface area contributed by atoms with Crippen LogP contribution in [0.3, 0.4) is 0 Å². The third-order valence-electron chi connectivity index (χ3n) is 3.52. The average Bonchev–Trinajstić information content (AvgIpc) is 2.95. The number of imidazole rings is 1. The van der Waals surface area contributed by atoms with Crippen LogP contribution in [0.5, 0.6) is 0 Å². The standard InChI is InChI=1S/C11H15N5O3/c1-2-6-8(17)11(18,3-19-6)16-5-15-7-9(12)13-4-14-10(7)16/h4-6,8,17-18H,2-3H2,1H3,(H2,12,13,14). The summed E-state index contributed by atoms with van der Waals surface area (Å²) in [5.41, 5.74) is 4.87. The summed E-state index contributed by atoms with van der Waals surface area (Å²) in [6.45, 7) is 1.86. The highest BCUT2D eigenvalue weighted by molar-refractivity contribution is 5.81. The Morgan fingerprint density at radius 2 is 2.32 bits per heavy atom. The lowest BCUT2D eigenvalue weighted by Crippen LogP contribution is -2.46. The van der Waals surface area contributed by atoms with Crippen molar-refractivity contribution in [2.75, 3.05) is 12.3 Å². The molecule has 0 radical (unpaired) electrons. The van der Waals surface area contributed by atoms with Crippen LogP contribution in [0, 0.1) is 0 Å². The molecule has 19 heavy (non-hydrogen) atoms. The Labute approximate surface area is 108 Å². The number of nitrogens with zero attached hydrogens (tertiary/aromatic N) is 4. The van der Waals surface area contributed by atoms with Crippen LogP contribution >= 0.6 is 0 Å². The Morgan fingerprint density at radius 3 is 3.00 bits per heavy atom. The predicted octanol–water partition coefficient (Wildman–Crippen LogP) is -0.777. The normalized spacial score (nSPS) is 31.1. The summed E-state index contributed by atoms with van der Waals surface area (Å²) in [5.74, 6) is 0.229. The summed E-state index contributed by atoms with van der Waals surface area (Å²) in [6, 6.07) is 0. The van der Waals surface area contributed by atoms with E-state index in [1.165, 1.54) is 17.2 Å². The fraction of sp³-hybridized carbons (Fsp3) is 0.545. The van der Waals surface area contributed by atoms with Crippen LogP contribution in [-0.4, -0.2) is 48.5 Å².